The molecule has 6 nitrogen and oxygen atoms in total. The Kier molecular flexibility index (Phi) is 4.76. The molecule has 0 heterocycles. The zero-order chi connectivity index (χ0) is 17.0. The van der Waals surface area contributed by atoms with Gasteiger partial charge < -0.3 is 10.2 Å². The van der Waals surface area contributed by atoms with Gasteiger partial charge in [0, 0.05) is 6.07 Å². The summed E-state index contributed by atoms with van der Waals surface area (Å²) < 4.78 is 0. The molecule has 0 aliphatic carbocycles. The molecular formula is C17H17NO5. The number of carboxylic acids is 1. The predicted octanol–water partition coefficient (Wildman–Crippen LogP) is 3.06. The van der Waals surface area contributed by atoms with Crippen molar-refractivity contribution in [2.45, 2.75) is 24.9 Å². The Balaban J connectivity index is 2.66. The molecule has 0 radical (unpaired) electrons. The van der Waals surface area contributed by atoms with Crippen LogP contribution in [0.25, 0.3) is 0 Å². The lowest BCUT2D eigenvalue weighted by atomic mass is 9.71. The minimum absolute atomic E-state index is 0.00870. The van der Waals surface area contributed by atoms with Crippen LogP contribution in [-0.4, -0.2) is 21.1 Å². The molecule has 0 aliphatic rings. The van der Waals surface area contributed by atoms with Crippen LogP contribution in [0.2, 0.25) is 0 Å². The highest BCUT2D eigenvalue weighted by molar-refractivity contribution is 5.83. The number of nitrogens with zero attached hydrogens (tertiary/aromatic N) is 1. The number of aliphatic hydroxyl groups is 1. The monoisotopic (exact) mass is 315 g/mol. The maximum Gasteiger partial charge on any atom is 0.317 e. The molecule has 2 N–H and O–H groups in total. The first kappa shape index (κ1) is 16.6. The second-order valence-electron chi connectivity index (χ2n) is 5.21. The molecule has 0 spiro atoms. The van der Waals surface area contributed by atoms with Crippen molar-refractivity contribution in [1.82, 2.24) is 0 Å². The quantitative estimate of drug-likeness (QED) is 0.630. The highest BCUT2D eigenvalue weighted by Crippen LogP contribution is 2.43. The van der Waals surface area contributed by atoms with Crippen molar-refractivity contribution in [3.8, 4) is 0 Å². The lowest BCUT2D eigenvalue weighted by molar-refractivity contribution is -0.386. The van der Waals surface area contributed by atoms with Crippen LogP contribution >= 0.6 is 0 Å². The Morgan fingerprint density at radius 3 is 2.26 bits per heavy atom. The van der Waals surface area contributed by atoms with Gasteiger partial charge in [-0.05, 0) is 18.1 Å². The van der Waals surface area contributed by atoms with Gasteiger partial charge in [-0.2, -0.15) is 0 Å². The van der Waals surface area contributed by atoms with Crippen molar-refractivity contribution in [2.24, 2.45) is 0 Å². The molecule has 2 aromatic rings. The van der Waals surface area contributed by atoms with E-state index in [1.54, 1.807) is 43.3 Å². The summed E-state index contributed by atoms with van der Waals surface area (Å²) in [6.07, 6.45) is -1.46. The second kappa shape index (κ2) is 6.58. The Morgan fingerprint density at radius 2 is 1.74 bits per heavy atom. The summed E-state index contributed by atoms with van der Waals surface area (Å²) >= 11 is 0. The van der Waals surface area contributed by atoms with Crippen LogP contribution < -0.4 is 0 Å². The van der Waals surface area contributed by atoms with E-state index in [1.165, 1.54) is 18.2 Å². The number of hydrogen-bond donors (Lipinski definition) is 2. The maximum absolute atomic E-state index is 12.0. The molecule has 0 saturated carbocycles. The molecule has 0 aliphatic heterocycles. The van der Waals surface area contributed by atoms with Gasteiger partial charge in [0.05, 0.1) is 10.5 Å². The standard InChI is InChI=1S/C17H17NO5/c1-2-17(16(20)21,12-8-4-3-5-9-12)15(19)13-10-6-7-11-14(13)18(22)23/h3-11,15,19H,2H2,1H3,(H,20,21)/t15-,17+/m1/s1. The van der Waals surface area contributed by atoms with E-state index >= 15 is 0 Å². The fourth-order valence-corrected chi connectivity index (χ4v) is 2.83. The van der Waals surface area contributed by atoms with Gasteiger partial charge in [-0.3, -0.25) is 14.9 Å². The molecule has 0 unspecified atom stereocenters. The van der Waals surface area contributed by atoms with Crippen LogP contribution in [0.15, 0.2) is 54.6 Å². The van der Waals surface area contributed by atoms with E-state index in [1.807, 2.05) is 0 Å². The minimum Gasteiger partial charge on any atom is -0.480 e. The number of aliphatic hydroxyl groups excluding tert-OH is 1. The summed E-state index contributed by atoms with van der Waals surface area (Å²) in [5.74, 6) is -1.23. The van der Waals surface area contributed by atoms with Gasteiger partial charge in [0.25, 0.3) is 5.69 Å². The predicted molar refractivity (Wildman–Crippen MR) is 84.1 cm³/mol. The summed E-state index contributed by atoms with van der Waals surface area (Å²) in [4.78, 5) is 22.6. The van der Waals surface area contributed by atoms with Crippen LogP contribution in [-0.2, 0) is 10.2 Å². The van der Waals surface area contributed by atoms with E-state index < -0.39 is 22.4 Å². The van der Waals surface area contributed by atoms with Gasteiger partial charge in [0.2, 0.25) is 0 Å². The Labute approximate surface area is 133 Å². The number of carbonyl (C=O) groups is 1. The summed E-state index contributed by atoms with van der Waals surface area (Å²) in [7, 11) is 0. The average molecular weight is 315 g/mol. The fraction of sp³-hybridized carbons (Fsp3) is 0.235. The fourth-order valence-electron chi connectivity index (χ4n) is 2.83. The number of nitro benzene ring substituents is 1. The molecule has 0 aromatic heterocycles. The SMILES string of the molecule is CC[C@](C(=O)O)(c1ccccc1)[C@H](O)c1ccccc1[N+](=O)[O-]. The van der Waals surface area contributed by atoms with E-state index in [0.717, 1.165) is 0 Å². The van der Waals surface area contributed by atoms with Crippen LogP contribution in [0.3, 0.4) is 0 Å². The lowest BCUT2D eigenvalue weighted by Crippen LogP contribution is -2.41. The third kappa shape index (κ3) is 2.80. The van der Waals surface area contributed by atoms with Crippen LogP contribution in [0.4, 0.5) is 5.69 Å². The number of nitro groups is 1. The molecule has 0 saturated heterocycles. The van der Waals surface area contributed by atoms with Crippen LogP contribution in [0, 0.1) is 10.1 Å². The Bertz CT molecular complexity index is 716. The number of carboxylic acid groups (broad SMARTS) is 1. The summed E-state index contributed by atoms with van der Waals surface area (Å²) in [5, 5.41) is 31.8. The largest absolute Gasteiger partial charge is 0.480 e. The molecule has 2 rings (SSSR count). The maximum atomic E-state index is 12.0. The van der Waals surface area contributed by atoms with Crippen LogP contribution in [0.1, 0.15) is 30.6 Å². The molecule has 0 fully saturated rings. The van der Waals surface area contributed by atoms with Gasteiger partial charge in [-0.1, -0.05) is 49.4 Å². The number of hydrogen-bond acceptors (Lipinski definition) is 4. The van der Waals surface area contributed by atoms with Gasteiger partial charge in [-0.15, -0.1) is 0 Å². The second-order valence-corrected chi connectivity index (χ2v) is 5.21. The minimum atomic E-state index is -1.66. The normalized spacial score (nSPS) is 14.7. The van der Waals surface area contributed by atoms with Crippen molar-refractivity contribution < 1.29 is 19.9 Å². The Morgan fingerprint density at radius 1 is 1.17 bits per heavy atom. The van der Waals surface area contributed by atoms with E-state index in [0.29, 0.717) is 5.56 Å². The smallest absolute Gasteiger partial charge is 0.317 e. The van der Waals surface area contributed by atoms with Gasteiger partial charge >= 0.3 is 5.97 Å². The molecule has 2 aromatic carbocycles. The zero-order valence-corrected chi connectivity index (χ0v) is 12.5. The first-order valence-electron chi connectivity index (χ1n) is 7.15. The molecule has 2 atom stereocenters. The number of benzene rings is 2. The van der Waals surface area contributed by atoms with Crippen molar-refractivity contribution in [1.29, 1.82) is 0 Å². The van der Waals surface area contributed by atoms with Crippen molar-refractivity contribution >= 4 is 11.7 Å². The van der Waals surface area contributed by atoms with Gasteiger partial charge in [-0.25, -0.2) is 0 Å². The molecular weight excluding hydrogens is 298 g/mol. The van der Waals surface area contributed by atoms with E-state index in [2.05, 4.69) is 0 Å². The number of rotatable bonds is 6. The van der Waals surface area contributed by atoms with E-state index in [-0.39, 0.29) is 17.7 Å². The molecule has 0 bridgehead atoms. The first-order valence-corrected chi connectivity index (χ1v) is 7.15. The van der Waals surface area contributed by atoms with E-state index in [4.69, 9.17) is 0 Å². The van der Waals surface area contributed by atoms with Crippen LogP contribution in [0.5, 0.6) is 0 Å². The lowest BCUT2D eigenvalue weighted by Gasteiger charge is -2.33. The van der Waals surface area contributed by atoms with Crippen molar-refractivity contribution in [3.05, 3.63) is 75.8 Å². The summed E-state index contributed by atoms with van der Waals surface area (Å²) in [6.45, 7) is 1.64. The topological polar surface area (TPSA) is 101 Å². The zero-order valence-electron chi connectivity index (χ0n) is 12.5. The van der Waals surface area contributed by atoms with Crippen molar-refractivity contribution in [2.75, 3.05) is 0 Å². The number of aliphatic carboxylic acids is 1. The first-order chi connectivity index (χ1) is 10.9. The molecule has 23 heavy (non-hydrogen) atoms. The van der Waals surface area contributed by atoms with Crippen molar-refractivity contribution in [3.63, 3.8) is 0 Å². The van der Waals surface area contributed by atoms with Gasteiger partial charge in [0.15, 0.2) is 0 Å². The number of para-hydroxylation sites is 1. The summed E-state index contributed by atoms with van der Waals surface area (Å²) in [5.41, 5.74) is -1.56. The molecule has 120 valence electrons. The average Bonchev–Trinajstić information content (AvgIpc) is 2.56. The highest BCUT2D eigenvalue weighted by atomic mass is 16.6. The van der Waals surface area contributed by atoms with E-state index in [9.17, 15) is 25.1 Å². The highest BCUT2D eigenvalue weighted by Gasteiger charge is 2.48. The Hall–Kier alpha value is -2.73. The molecule has 6 heteroatoms. The third-order valence-electron chi connectivity index (χ3n) is 4.12. The van der Waals surface area contributed by atoms with Gasteiger partial charge in [0.1, 0.15) is 11.5 Å². The third-order valence-corrected chi connectivity index (χ3v) is 4.12. The summed E-state index contributed by atoms with van der Waals surface area (Å²) in [6, 6.07) is 14.0. The molecule has 0 amide bonds.